The van der Waals surface area contributed by atoms with E-state index in [1.807, 2.05) is 18.2 Å². The Bertz CT molecular complexity index is 649. The van der Waals surface area contributed by atoms with Crippen molar-refractivity contribution in [3.8, 4) is 5.75 Å². The van der Waals surface area contributed by atoms with Gasteiger partial charge in [0.05, 0.1) is 17.0 Å². The van der Waals surface area contributed by atoms with Crippen molar-refractivity contribution in [2.75, 3.05) is 7.11 Å². The molecule has 2 aromatic carbocycles. The minimum atomic E-state index is -0.398. The summed E-state index contributed by atoms with van der Waals surface area (Å²) in [6.45, 7) is 0. The summed E-state index contributed by atoms with van der Waals surface area (Å²) < 4.78 is 7.22. The largest absolute Gasteiger partial charge is 0.495 e. The Morgan fingerprint density at radius 3 is 2.40 bits per heavy atom. The van der Waals surface area contributed by atoms with Gasteiger partial charge in [0, 0.05) is 19.2 Å². The van der Waals surface area contributed by atoms with Gasteiger partial charge in [-0.05, 0) is 74.4 Å². The van der Waals surface area contributed by atoms with Gasteiger partial charge in [-0.3, -0.25) is 0 Å². The summed E-state index contributed by atoms with van der Waals surface area (Å²) in [6.07, 6.45) is 0. The zero-order valence-corrected chi connectivity index (χ0v) is 16.3. The Balaban J connectivity index is 2.58. The lowest BCUT2D eigenvalue weighted by molar-refractivity contribution is 0.407. The predicted molar refractivity (Wildman–Crippen MR) is 97.6 cm³/mol. The maximum Gasteiger partial charge on any atom is 0.138 e. The predicted octanol–water partition coefficient (Wildman–Crippen LogP) is 6.70. The van der Waals surface area contributed by atoms with Crippen LogP contribution in [-0.2, 0) is 0 Å². The highest BCUT2D eigenvalue weighted by atomic mass is 127. The molecule has 2 rings (SSSR count). The summed E-state index contributed by atoms with van der Waals surface area (Å²) >= 11 is 24.4. The SMILES string of the molecule is COc1c(Br)cc(Cl)cc1C(Cl)c1cc(Cl)ccc1I. The third-order valence-electron chi connectivity index (χ3n) is 2.75. The molecule has 0 spiro atoms. The van der Waals surface area contributed by atoms with E-state index in [4.69, 9.17) is 39.5 Å². The molecule has 0 amide bonds. The number of ether oxygens (including phenoxy) is 1. The average Bonchev–Trinajstić information content (AvgIpc) is 2.40. The van der Waals surface area contributed by atoms with E-state index in [2.05, 4.69) is 38.5 Å². The minimum absolute atomic E-state index is 0.398. The van der Waals surface area contributed by atoms with Gasteiger partial charge < -0.3 is 4.74 Å². The van der Waals surface area contributed by atoms with E-state index in [1.54, 1.807) is 19.2 Å². The molecule has 2 aromatic rings. The Kier molecular flexibility index (Phi) is 5.88. The Hall–Kier alpha value is 0.320. The molecule has 0 aliphatic carbocycles. The van der Waals surface area contributed by atoms with Crippen molar-refractivity contribution >= 4 is 73.3 Å². The van der Waals surface area contributed by atoms with Gasteiger partial charge >= 0.3 is 0 Å². The van der Waals surface area contributed by atoms with Crippen LogP contribution in [0.3, 0.4) is 0 Å². The number of halogens is 5. The van der Waals surface area contributed by atoms with Crippen LogP contribution >= 0.6 is 73.3 Å². The van der Waals surface area contributed by atoms with Crippen LogP contribution in [0.2, 0.25) is 10.0 Å². The van der Waals surface area contributed by atoms with Crippen LogP contribution in [0, 0.1) is 3.57 Å². The summed E-state index contributed by atoms with van der Waals surface area (Å²) in [7, 11) is 1.60. The van der Waals surface area contributed by atoms with E-state index in [-0.39, 0.29) is 0 Å². The fourth-order valence-corrected chi connectivity index (χ4v) is 4.21. The Morgan fingerprint density at radius 1 is 1.10 bits per heavy atom. The zero-order valence-electron chi connectivity index (χ0n) is 10.3. The normalized spacial score (nSPS) is 12.3. The fraction of sp³-hybridized carbons (Fsp3) is 0.143. The molecular weight excluding hydrogens is 497 g/mol. The van der Waals surface area contributed by atoms with Crippen molar-refractivity contribution in [3.63, 3.8) is 0 Å². The summed E-state index contributed by atoms with van der Waals surface area (Å²) in [5.41, 5.74) is 1.72. The molecule has 106 valence electrons. The number of benzene rings is 2. The van der Waals surface area contributed by atoms with Gasteiger partial charge in [0.15, 0.2) is 0 Å². The van der Waals surface area contributed by atoms with Crippen LogP contribution in [-0.4, -0.2) is 7.11 Å². The lowest BCUT2D eigenvalue weighted by Crippen LogP contribution is -2.00. The Morgan fingerprint density at radius 2 is 1.75 bits per heavy atom. The lowest BCUT2D eigenvalue weighted by atomic mass is 10.0. The second-order valence-corrected chi connectivity index (χ2v) is 7.36. The van der Waals surface area contributed by atoms with E-state index >= 15 is 0 Å². The van der Waals surface area contributed by atoms with E-state index in [0.717, 1.165) is 19.2 Å². The standard InChI is InChI=1S/C14H9BrCl3IO/c1-20-14-10(5-8(17)6-11(14)15)13(18)9-4-7(16)2-3-12(9)19/h2-6,13H,1H3. The van der Waals surface area contributed by atoms with Crippen LogP contribution < -0.4 is 4.74 Å². The molecule has 20 heavy (non-hydrogen) atoms. The molecule has 0 saturated heterocycles. The second kappa shape index (κ2) is 7.05. The van der Waals surface area contributed by atoms with E-state index in [0.29, 0.717) is 15.8 Å². The first kappa shape index (κ1) is 16.7. The molecule has 1 unspecified atom stereocenters. The van der Waals surface area contributed by atoms with Gasteiger partial charge in [-0.1, -0.05) is 23.2 Å². The zero-order chi connectivity index (χ0) is 14.9. The molecule has 0 saturated carbocycles. The number of hydrogen-bond donors (Lipinski definition) is 0. The third kappa shape index (κ3) is 3.55. The second-order valence-electron chi connectivity index (χ2n) is 4.04. The van der Waals surface area contributed by atoms with Crippen LogP contribution in [0.5, 0.6) is 5.75 Å². The number of alkyl halides is 1. The smallest absolute Gasteiger partial charge is 0.138 e. The fourth-order valence-electron chi connectivity index (χ4n) is 1.86. The summed E-state index contributed by atoms with van der Waals surface area (Å²) in [4.78, 5) is 0. The lowest BCUT2D eigenvalue weighted by Gasteiger charge is -2.17. The molecule has 6 heteroatoms. The highest BCUT2D eigenvalue weighted by molar-refractivity contribution is 14.1. The third-order valence-corrected chi connectivity index (χ3v) is 5.24. The molecule has 0 aliphatic heterocycles. The van der Waals surface area contributed by atoms with Crippen molar-refractivity contribution < 1.29 is 4.74 Å². The number of hydrogen-bond acceptors (Lipinski definition) is 1. The van der Waals surface area contributed by atoms with Crippen molar-refractivity contribution in [2.24, 2.45) is 0 Å². The van der Waals surface area contributed by atoms with Gasteiger partial charge in [-0.25, -0.2) is 0 Å². The first-order chi connectivity index (χ1) is 9.43. The quantitative estimate of drug-likeness (QED) is 0.333. The van der Waals surface area contributed by atoms with Crippen molar-refractivity contribution in [1.29, 1.82) is 0 Å². The molecule has 0 heterocycles. The van der Waals surface area contributed by atoms with Gasteiger partial charge in [-0.15, -0.1) is 11.6 Å². The number of rotatable bonds is 3. The molecule has 0 aromatic heterocycles. The van der Waals surface area contributed by atoms with E-state index in [9.17, 15) is 0 Å². The van der Waals surface area contributed by atoms with Gasteiger partial charge in [0.1, 0.15) is 5.75 Å². The van der Waals surface area contributed by atoms with Crippen molar-refractivity contribution in [1.82, 2.24) is 0 Å². The molecule has 1 nitrogen and oxygen atoms in total. The Labute approximate surface area is 154 Å². The summed E-state index contributed by atoms with van der Waals surface area (Å²) in [6, 6.07) is 9.20. The molecule has 0 bridgehead atoms. The molecular formula is C14H9BrCl3IO. The maximum atomic E-state index is 6.61. The van der Waals surface area contributed by atoms with Crippen LogP contribution in [0.1, 0.15) is 16.5 Å². The number of methoxy groups -OCH3 is 1. The summed E-state index contributed by atoms with van der Waals surface area (Å²) in [5, 5.41) is 0.840. The molecule has 0 N–H and O–H groups in total. The monoisotopic (exact) mass is 504 g/mol. The van der Waals surface area contributed by atoms with Gasteiger partial charge in [0.25, 0.3) is 0 Å². The van der Waals surface area contributed by atoms with Gasteiger partial charge in [-0.2, -0.15) is 0 Å². The van der Waals surface area contributed by atoms with Crippen molar-refractivity contribution in [3.05, 3.63) is 59.5 Å². The van der Waals surface area contributed by atoms with Gasteiger partial charge in [0.2, 0.25) is 0 Å². The topological polar surface area (TPSA) is 9.23 Å². The maximum absolute atomic E-state index is 6.61. The van der Waals surface area contributed by atoms with Crippen LogP contribution in [0.4, 0.5) is 0 Å². The first-order valence-corrected chi connectivity index (χ1v) is 8.62. The molecule has 0 aliphatic rings. The molecule has 0 fully saturated rings. The van der Waals surface area contributed by atoms with Crippen molar-refractivity contribution in [2.45, 2.75) is 5.38 Å². The van der Waals surface area contributed by atoms with E-state index < -0.39 is 5.38 Å². The highest BCUT2D eigenvalue weighted by Gasteiger charge is 2.21. The van der Waals surface area contributed by atoms with Crippen LogP contribution in [0.25, 0.3) is 0 Å². The molecule has 0 radical (unpaired) electrons. The first-order valence-electron chi connectivity index (χ1n) is 5.56. The summed E-state index contributed by atoms with van der Waals surface area (Å²) in [5.74, 6) is 0.671. The van der Waals surface area contributed by atoms with E-state index in [1.165, 1.54) is 0 Å². The van der Waals surface area contributed by atoms with Crippen LogP contribution in [0.15, 0.2) is 34.8 Å². The highest BCUT2D eigenvalue weighted by Crippen LogP contribution is 2.42. The minimum Gasteiger partial charge on any atom is -0.495 e. The molecule has 1 atom stereocenters. The average molecular weight is 506 g/mol.